The molecule has 29 heavy (non-hydrogen) atoms. The van der Waals surface area contributed by atoms with Crippen LogP contribution in [0, 0.1) is 17.1 Å². The Hall–Kier alpha value is -3.13. The average Bonchev–Trinajstić information content (AvgIpc) is 2.65. The quantitative estimate of drug-likeness (QED) is 0.537. The lowest BCUT2D eigenvalue weighted by molar-refractivity contribution is -0.137. The first-order valence-electron chi connectivity index (χ1n) is 8.09. The van der Waals surface area contributed by atoms with Gasteiger partial charge in [0.05, 0.1) is 28.7 Å². The van der Waals surface area contributed by atoms with Crippen molar-refractivity contribution in [2.24, 2.45) is 0 Å². The van der Waals surface area contributed by atoms with Crippen LogP contribution in [0.5, 0.6) is 5.75 Å². The first-order valence-corrected chi connectivity index (χ1v) is 9.57. The summed E-state index contributed by atoms with van der Waals surface area (Å²) in [6.07, 6.45) is -5.22. The van der Waals surface area contributed by atoms with Gasteiger partial charge >= 0.3 is 6.18 Å². The van der Waals surface area contributed by atoms with Crippen molar-refractivity contribution in [3.8, 4) is 11.8 Å². The minimum absolute atomic E-state index is 0.0298. The zero-order valence-corrected chi connectivity index (χ0v) is 15.5. The molecular formula is C18H14F4N2O4S. The van der Waals surface area contributed by atoms with Gasteiger partial charge in [0.15, 0.2) is 11.6 Å². The van der Waals surface area contributed by atoms with E-state index in [0.29, 0.717) is 6.07 Å². The molecule has 0 unspecified atom stereocenters. The Labute approximate surface area is 163 Å². The van der Waals surface area contributed by atoms with E-state index in [1.807, 2.05) is 0 Å². The third kappa shape index (κ3) is 5.92. The third-order valence-electron chi connectivity index (χ3n) is 3.62. The fourth-order valence-electron chi connectivity index (χ4n) is 2.26. The lowest BCUT2D eigenvalue weighted by Crippen LogP contribution is -2.31. The summed E-state index contributed by atoms with van der Waals surface area (Å²) in [5, 5.41) is 8.74. The number of alkyl halides is 3. The van der Waals surface area contributed by atoms with Gasteiger partial charge in [-0.15, -0.1) is 0 Å². The molecule has 0 atom stereocenters. The molecule has 0 bridgehead atoms. The molecule has 2 rings (SSSR count). The van der Waals surface area contributed by atoms with E-state index in [-0.39, 0.29) is 31.3 Å². The van der Waals surface area contributed by atoms with Gasteiger partial charge in [-0.25, -0.2) is 17.5 Å². The number of amides is 1. The van der Waals surface area contributed by atoms with Gasteiger partial charge in [-0.2, -0.15) is 18.4 Å². The van der Waals surface area contributed by atoms with Crippen molar-refractivity contribution in [2.75, 3.05) is 6.61 Å². The Morgan fingerprint density at radius 3 is 2.48 bits per heavy atom. The predicted octanol–water partition coefficient (Wildman–Crippen LogP) is 3.38. The molecule has 6 nitrogen and oxygen atoms in total. The summed E-state index contributed by atoms with van der Waals surface area (Å²) < 4.78 is 83.4. The number of benzene rings is 2. The summed E-state index contributed by atoms with van der Waals surface area (Å²) >= 11 is 0. The van der Waals surface area contributed by atoms with E-state index in [0.717, 1.165) is 6.07 Å². The molecule has 1 amide bonds. The molecule has 0 fully saturated rings. The van der Waals surface area contributed by atoms with E-state index in [9.17, 15) is 30.8 Å². The number of hydrogen-bond acceptors (Lipinski definition) is 5. The van der Waals surface area contributed by atoms with Crippen LogP contribution >= 0.6 is 0 Å². The SMILES string of the molecule is N#Cc1ccc(S(=O)(=O)NC(=O)CCCOc2ccccc2F)cc1C(F)(F)F. The van der Waals surface area contributed by atoms with Gasteiger partial charge in [0.25, 0.3) is 10.0 Å². The second-order valence-electron chi connectivity index (χ2n) is 5.73. The maximum absolute atomic E-state index is 13.4. The van der Waals surface area contributed by atoms with Gasteiger partial charge < -0.3 is 4.74 Å². The fraction of sp³-hybridized carbons (Fsp3) is 0.222. The molecule has 0 aromatic heterocycles. The van der Waals surface area contributed by atoms with E-state index >= 15 is 0 Å². The minimum atomic E-state index is -4.94. The van der Waals surface area contributed by atoms with Crippen LogP contribution in [-0.4, -0.2) is 20.9 Å². The zero-order valence-electron chi connectivity index (χ0n) is 14.7. The maximum Gasteiger partial charge on any atom is 0.417 e. The lowest BCUT2D eigenvalue weighted by atomic mass is 10.1. The standard InChI is InChI=1S/C18H14F4N2O4S/c19-15-4-1-2-5-16(15)28-9-3-6-17(25)24-29(26,27)13-8-7-12(11-23)14(10-13)18(20,21)22/h1-2,4-5,7-8,10H,3,6,9H2,(H,24,25). The normalized spacial score (nSPS) is 11.6. The molecule has 2 aromatic rings. The van der Waals surface area contributed by atoms with E-state index in [1.54, 1.807) is 10.8 Å². The number of carbonyl (C=O) groups excluding carboxylic acids is 1. The van der Waals surface area contributed by atoms with Crippen molar-refractivity contribution in [3.63, 3.8) is 0 Å². The van der Waals surface area contributed by atoms with Crippen LogP contribution < -0.4 is 9.46 Å². The van der Waals surface area contributed by atoms with Crippen LogP contribution in [0.4, 0.5) is 17.6 Å². The molecule has 0 aliphatic heterocycles. The van der Waals surface area contributed by atoms with Gasteiger partial charge in [0.2, 0.25) is 5.91 Å². The molecule has 0 saturated carbocycles. The molecule has 2 aromatic carbocycles. The second-order valence-corrected chi connectivity index (χ2v) is 7.41. The highest BCUT2D eigenvalue weighted by atomic mass is 32.2. The summed E-state index contributed by atoms with van der Waals surface area (Å²) in [7, 11) is -4.57. The van der Waals surface area contributed by atoms with Crippen LogP contribution in [0.1, 0.15) is 24.0 Å². The van der Waals surface area contributed by atoms with Crippen molar-refractivity contribution in [1.29, 1.82) is 5.26 Å². The topological polar surface area (TPSA) is 96.3 Å². The number of nitrogens with one attached hydrogen (secondary N) is 1. The van der Waals surface area contributed by atoms with Crippen LogP contribution in [0.2, 0.25) is 0 Å². The van der Waals surface area contributed by atoms with Crippen molar-refractivity contribution >= 4 is 15.9 Å². The Bertz CT molecular complexity index is 1050. The number of halogens is 4. The summed E-state index contributed by atoms with van der Waals surface area (Å²) in [6.45, 7) is -0.0799. The Balaban J connectivity index is 1.99. The molecule has 0 heterocycles. The summed E-state index contributed by atoms with van der Waals surface area (Å²) in [5.41, 5.74) is -2.17. The summed E-state index contributed by atoms with van der Waals surface area (Å²) in [6, 6.07) is 8.70. The van der Waals surface area contributed by atoms with Gasteiger partial charge in [0.1, 0.15) is 0 Å². The van der Waals surface area contributed by atoms with Crippen LogP contribution in [0.25, 0.3) is 0 Å². The van der Waals surface area contributed by atoms with Gasteiger partial charge in [0, 0.05) is 6.42 Å². The van der Waals surface area contributed by atoms with Crippen LogP contribution in [0.3, 0.4) is 0 Å². The summed E-state index contributed by atoms with van der Waals surface area (Å²) in [5.74, 6) is -1.60. The minimum Gasteiger partial charge on any atom is -0.491 e. The van der Waals surface area contributed by atoms with E-state index in [2.05, 4.69) is 0 Å². The number of nitriles is 1. The smallest absolute Gasteiger partial charge is 0.417 e. The molecule has 154 valence electrons. The largest absolute Gasteiger partial charge is 0.491 e. The summed E-state index contributed by atoms with van der Waals surface area (Å²) in [4.78, 5) is 11.0. The molecule has 11 heteroatoms. The van der Waals surface area contributed by atoms with Gasteiger partial charge in [-0.3, -0.25) is 4.79 Å². The number of carbonyl (C=O) groups is 1. The molecule has 0 saturated heterocycles. The number of hydrogen-bond donors (Lipinski definition) is 1. The molecule has 0 aliphatic carbocycles. The molecular weight excluding hydrogens is 416 g/mol. The van der Waals surface area contributed by atoms with Crippen molar-refractivity contribution in [2.45, 2.75) is 23.9 Å². The van der Waals surface area contributed by atoms with E-state index in [4.69, 9.17) is 10.00 Å². The Kier molecular flexibility index (Phi) is 6.81. The van der Waals surface area contributed by atoms with E-state index in [1.165, 1.54) is 24.3 Å². The van der Waals surface area contributed by atoms with Gasteiger partial charge in [-0.05, 0) is 36.8 Å². The number of rotatable bonds is 7. The first-order chi connectivity index (χ1) is 13.5. The van der Waals surface area contributed by atoms with Crippen LogP contribution in [-0.2, 0) is 21.0 Å². The van der Waals surface area contributed by atoms with Crippen molar-refractivity contribution < 1.29 is 35.5 Å². The third-order valence-corrected chi connectivity index (χ3v) is 4.99. The monoisotopic (exact) mass is 430 g/mol. The Morgan fingerprint density at radius 1 is 1.17 bits per heavy atom. The molecule has 0 radical (unpaired) electrons. The Morgan fingerprint density at radius 2 is 1.86 bits per heavy atom. The second kappa shape index (κ2) is 8.91. The molecule has 0 spiro atoms. The molecule has 0 aliphatic rings. The van der Waals surface area contributed by atoms with Crippen LogP contribution in [0.15, 0.2) is 47.4 Å². The first kappa shape index (κ1) is 22.2. The maximum atomic E-state index is 13.4. The number of nitrogens with zero attached hydrogens (tertiary/aromatic N) is 1. The number of para-hydroxylation sites is 1. The number of ether oxygens (including phenoxy) is 1. The zero-order chi connectivity index (χ0) is 21.7. The number of sulfonamides is 1. The highest BCUT2D eigenvalue weighted by Crippen LogP contribution is 2.33. The van der Waals surface area contributed by atoms with Gasteiger partial charge in [-0.1, -0.05) is 12.1 Å². The fourth-order valence-corrected chi connectivity index (χ4v) is 3.30. The van der Waals surface area contributed by atoms with Crippen molar-refractivity contribution in [1.82, 2.24) is 4.72 Å². The highest BCUT2D eigenvalue weighted by molar-refractivity contribution is 7.90. The highest BCUT2D eigenvalue weighted by Gasteiger charge is 2.35. The predicted molar refractivity (Wildman–Crippen MR) is 92.6 cm³/mol. The lowest BCUT2D eigenvalue weighted by Gasteiger charge is -2.12. The van der Waals surface area contributed by atoms with E-state index < -0.39 is 43.9 Å². The molecule has 1 N–H and O–H groups in total. The van der Waals surface area contributed by atoms with Crippen molar-refractivity contribution in [3.05, 3.63) is 59.4 Å². The average molecular weight is 430 g/mol.